The van der Waals surface area contributed by atoms with Gasteiger partial charge >= 0.3 is 5.97 Å². The van der Waals surface area contributed by atoms with Crippen LogP contribution in [0.5, 0.6) is 0 Å². The number of aryl methyl sites for hydroxylation is 1. The molecule has 0 spiro atoms. The highest BCUT2D eigenvalue weighted by molar-refractivity contribution is 7.75. The number of hydrogen-bond acceptors (Lipinski definition) is 3. The molecule has 108 valence electrons. The first-order chi connectivity index (χ1) is 9.01. The third kappa shape index (κ3) is 4.03. The molecule has 0 saturated carbocycles. The third-order valence-electron chi connectivity index (χ3n) is 3.99. The zero-order valence-electron chi connectivity index (χ0n) is 12.8. The van der Waals surface area contributed by atoms with E-state index in [2.05, 4.69) is 27.7 Å². The van der Waals surface area contributed by atoms with E-state index < -0.39 is 7.26 Å². The van der Waals surface area contributed by atoms with Crippen LogP contribution in [0, 0.1) is 6.92 Å². The van der Waals surface area contributed by atoms with Gasteiger partial charge in [-0.05, 0) is 46.2 Å². The van der Waals surface area contributed by atoms with Gasteiger partial charge in [0.05, 0.1) is 31.3 Å². The Morgan fingerprint density at radius 1 is 1.21 bits per heavy atom. The Hall–Kier alpha value is -0.400. The molecule has 0 saturated heterocycles. The van der Waals surface area contributed by atoms with Gasteiger partial charge in [0, 0.05) is 12.1 Å². The van der Waals surface area contributed by atoms with E-state index in [4.69, 9.17) is 4.74 Å². The first kappa shape index (κ1) is 16.7. The van der Waals surface area contributed by atoms with Gasteiger partial charge in [-0.25, -0.2) is 4.79 Å². The van der Waals surface area contributed by atoms with Gasteiger partial charge in [0.1, 0.15) is 4.88 Å². The number of thiophene rings is 1. The Morgan fingerprint density at radius 3 is 2.26 bits per heavy atom. The van der Waals surface area contributed by atoms with Crippen LogP contribution in [0.3, 0.4) is 0 Å². The van der Waals surface area contributed by atoms with Crippen LogP contribution in [0.15, 0.2) is 6.07 Å². The molecular weight excluding hydrogens is 275 g/mol. The smallest absolute Gasteiger partial charge is 0.348 e. The first-order valence-corrected chi connectivity index (χ1v) is 10.5. The SMILES string of the molecule is CCOC(=O)c1cc(C)c(C[P+](CC)(CC)CC)s1. The fourth-order valence-corrected chi connectivity index (χ4v) is 7.10. The summed E-state index contributed by atoms with van der Waals surface area (Å²) in [6.07, 6.45) is 5.08. The molecule has 1 rings (SSSR count). The molecule has 0 radical (unpaired) electrons. The lowest BCUT2D eigenvalue weighted by atomic mass is 10.3. The van der Waals surface area contributed by atoms with Crippen molar-refractivity contribution in [2.24, 2.45) is 0 Å². The number of hydrogen-bond donors (Lipinski definition) is 0. The summed E-state index contributed by atoms with van der Waals surface area (Å²) < 4.78 is 5.09. The topological polar surface area (TPSA) is 26.3 Å². The number of carbonyl (C=O) groups is 1. The fraction of sp³-hybridized carbons (Fsp3) is 0.667. The largest absolute Gasteiger partial charge is 0.462 e. The maximum atomic E-state index is 11.8. The van der Waals surface area contributed by atoms with Gasteiger partial charge in [-0.1, -0.05) is 0 Å². The second-order valence-electron chi connectivity index (χ2n) is 4.89. The van der Waals surface area contributed by atoms with Crippen LogP contribution in [-0.4, -0.2) is 31.1 Å². The van der Waals surface area contributed by atoms with Crippen molar-refractivity contribution in [2.75, 3.05) is 25.1 Å². The maximum absolute atomic E-state index is 11.8. The number of rotatable bonds is 7. The monoisotopic (exact) mass is 301 g/mol. The Balaban J connectivity index is 2.93. The molecule has 0 amide bonds. The molecule has 0 aliphatic carbocycles. The molecule has 1 aromatic rings. The number of ether oxygens (including phenoxy) is 1. The molecule has 0 unspecified atom stereocenters. The average molecular weight is 301 g/mol. The van der Waals surface area contributed by atoms with Crippen LogP contribution in [-0.2, 0) is 10.9 Å². The summed E-state index contributed by atoms with van der Waals surface area (Å²) >= 11 is 1.63. The molecule has 0 atom stereocenters. The van der Waals surface area contributed by atoms with E-state index in [0.29, 0.717) is 6.61 Å². The summed E-state index contributed by atoms with van der Waals surface area (Å²) in [5.41, 5.74) is 1.26. The van der Waals surface area contributed by atoms with Gasteiger partial charge in [0.15, 0.2) is 0 Å². The van der Waals surface area contributed by atoms with E-state index in [9.17, 15) is 4.79 Å². The van der Waals surface area contributed by atoms with Crippen LogP contribution in [0.25, 0.3) is 0 Å². The summed E-state index contributed by atoms with van der Waals surface area (Å²) in [6, 6.07) is 1.99. The summed E-state index contributed by atoms with van der Waals surface area (Å²) in [4.78, 5) is 13.9. The highest BCUT2D eigenvalue weighted by Gasteiger charge is 2.33. The summed E-state index contributed by atoms with van der Waals surface area (Å²) in [6.45, 7) is 11.4. The van der Waals surface area contributed by atoms with Crippen LogP contribution in [0.1, 0.15) is 47.8 Å². The lowest BCUT2D eigenvalue weighted by Crippen LogP contribution is -2.05. The van der Waals surface area contributed by atoms with Gasteiger partial charge in [0.2, 0.25) is 0 Å². The molecule has 0 fully saturated rings. The summed E-state index contributed by atoms with van der Waals surface area (Å²) in [7, 11) is -0.862. The first-order valence-electron chi connectivity index (χ1n) is 7.13. The molecule has 1 aromatic heterocycles. The van der Waals surface area contributed by atoms with Gasteiger partial charge in [-0.15, -0.1) is 11.3 Å². The number of esters is 1. The predicted molar refractivity (Wildman–Crippen MR) is 87.3 cm³/mol. The van der Waals surface area contributed by atoms with Crippen molar-refractivity contribution < 1.29 is 9.53 Å². The van der Waals surface area contributed by atoms with Crippen molar-refractivity contribution in [1.82, 2.24) is 0 Å². The van der Waals surface area contributed by atoms with E-state index in [1.165, 1.54) is 35.1 Å². The van der Waals surface area contributed by atoms with Gasteiger partial charge in [-0.2, -0.15) is 0 Å². The number of carbonyl (C=O) groups excluding carboxylic acids is 1. The normalized spacial score (nSPS) is 11.6. The molecule has 0 bridgehead atoms. The highest BCUT2D eigenvalue weighted by Crippen LogP contribution is 2.61. The Labute approximate surface area is 121 Å². The molecule has 19 heavy (non-hydrogen) atoms. The minimum Gasteiger partial charge on any atom is -0.462 e. The van der Waals surface area contributed by atoms with Gasteiger partial charge in [0.25, 0.3) is 0 Å². The molecular formula is C15H26O2PS+. The van der Waals surface area contributed by atoms with Crippen molar-refractivity contribution in [3.63, 3.8) is 0 Å². The Kier molecular flexibility index (Phi) is 6.49. The standard InChI is InChI=1S/C15H26O2PS/c1-6-17-15(16)13-10-12(5)14(19-13)11-18(7-2,8-3)9-4/h10H,6-9,11H2,1-5H3/q+1. The molecule has 0 aromatic carbocycles. The van der Waals surface area contributed by atoms with Gasteiger partial charge < -0.3 is 4.74 Å². The van der Waals surface area contributed by atoms with Crippen molar-refractivity contribution in [1.29, 1.82) is 0 Å². The molecule has 2 nitrogen and oxygen atoms in total. The lowest BCUT2D eigenvalue weighted by Gasteiger charge is -2.23. The van der Waals surface area contributed by atoms with Crippen LogP contribution in [0.4, 0.5) is 0 Å². The lowest BCUT2D eigenvalue weighted by molar-refractivity contribution is 0.0532. The molecule has 0 aliphatic rings. The van der Waals surface area contributed by atoms with E-state index in [0.717, 1.165) is 4.88 Å². The highest BCUT2D eigenvalue weighted by atomic mass is 32.1. The zero-order chi connectivity index (χ0) is 14.5. The van der Waals surface area contributed by atoms with E-state index in [1.54, 1.807) is 11.3 Å². The summed E-state index contributed by atoms with van der Waals surface area (Å²) in [5, 5.41) is 0. The minimum absolute atomic E-state index is 0.171. The van der Waals surface area contributed by atoms with E-state index in [1.807, 2.05) is 13.0 Å². The van der Waals surface area contributed by atoms with Crippen LogP contribution >= 0.6 is 18.6 Å². The predicted octanol–water partition coefficient (Wildman–Crippen LogP) is 4.81. The van der Waals surface area contributed by atoms with Crippen molar-refractivity contribution in [2.45, 2.75) is 40.8 Å². The van der Waals surface area contributed by atoms with Crippen LogP contribution < -0.4 is 0 Å². The molecule has 1 heterocycles. The zero-order valence-corrected chi connectivity index (χ0v) is 14.5. The second-order valence-corrected chi connectivity index (χ2v) is 10.9. The van der Waals surface area contributed by atoms with Crippen molar-refractivity contribution >= 4 is 24.6 Å². The van der Waals surface area contributed by atoms with Crippen LogP contribution in [0.2, 0.25) is 0 Å². The Morgan fingerprint density at radius 2 is 1.79 bits per heavy atom. The fourth-order valence-electron chi connectivity index (χ4n) is 2.29. The van der Waals surface area contributed by atoms with E-state index >= 15 is 0 Å². The quantitative estimate of drug-likeness (QED) is 0.533. The van der Waals surface area contributed by atoms with Crippen molar-refractivity contribution in [3.8, 4) is 0 Å². The second kappa shape index (κ2) is 7.40. The summed E-state index contributed by atoms with van der Waals surface area (Å²) in [5.74, 6) is -0.171. The molecule has 0 N–H and O–H groups in total. The maximum Gasteiger partial charge on any atom is 0.348 e. The molecule has 4 heteroatoms. The van der Waals surface area contributed by atoms with Gasteiger partial charge in [-0.3, -0.25) is 0 Å². The minimum atomic E-state index is -0.862. The third-order valence-corrected chi connectivity index (χ3v) is 10.4. The average Bonchev–Trinajstić information content (AvgIpc) is 2.78. The molecule has 0 aliphatic heterocycles. The Bertz CT molecular complexity index is 414. The van der Waals surface area contributed by atoms with Crippen molar-refractivity contribution in [3.05, 3.63) is 21.4 Å². The van der Waals surface area contributed by atoms with E-state index in [-0.39, 0.29) is 5.97 Å².